The van der Waals surface area contributed by atoms with E-state index >= 15 is 0 Å². The third kappa shape index (κ3) is 3.60. The first-order valence-corrected chi connectivity index (χ1v) is 6.69. The molecule has 0 aliphatic carbocycles. The molecule has 78 valence electrons. The zero-order valence-electron chi connectivity index (χ0n) is 8.17. The summed E-state index contributed by atoms with van der Waals surface area (Å²) in [5.74, 6) is 2.07. The van der Waals surface area contributed by atoms with Crippen molar-refractivity contribution < 1.29 is 0 Å². The van der Waals surface area contributed by atoms with E-state index in [1.165, 1.54) is 5.01 Å². The Morgan fingerprint density at radius 3 is 2.93 bits per heavy atom. The molecule has 2 aromatic heterocycles. The smallest absolute Gasteiger partial charge is 0.102 e. The normalized spacial score (nSPS) is 10.4. The van der Waals surface area contributed by atoms with Gasteiger partial charge in [0.2, 0.25) is 0 Å². The van der Waals surface area contributed by atoms with Gasteiger partial charge in [-0.2, -0.15) is 11.8 Å². The van der Waals surface area contributed by atoms with Gasteiger partial charge in [0.25, 0.3) is 0 Å². The summed E-state index contributed by atoms with van der Waals surface area (Å²) in [4.78, 5) is 12.5. The molecule has 2 heterocycles. The standard InChI is InChI=1S/C10H11N3S2/c1(9-7-11-2-3-12-9)5-14-8-10-13-4-6-15-10/h2-4,6-7H,1,5,8H2. The first-order chi connectivity index (χ1) is 7.45. The van der Waals surface area contributed by atoms with Gasteiger partial charge in [0, 0.05) is 42.3 Å². The minimum absolute atomic E-state index is 0.976. The summed E-state index contributed by atoms with van der Waals surface area (Å²) in [6.07, 6.45) is 8.09. The highest BCUT2D eigenvalue weighted by atomic mass is 32.2. The lowest BCUT2D eigenvalue weighted by atomic mass is 10.4. The Hall–Kier alpha value is -0.940. The van der Waals surface area contributed by atoms with Crippen molar-refractivity contribution in [2.75, 3.05) is 5.75 Å². The first-order valence-electron chi connectivity index (χ1n) is 4.66. The molecule has 0 aromatic carbocycles. The number of hydrogen-bond acceptors (Lipinski definition) is 5. The molecule has 0 amide bonds. The van der Waals surface area contributed by atoms with Crippen molar-refractivity contribution in [1.82, 2.24) is 15.0 Å². The predicted octanol–water partition coefficient (Wildman–Crippen LogP) is 2.41. The molecule has 0 aliphatic rings. The average molecular weight is 237 g/mol. The summed E-state index contributed by atoms with van der Waals surface area (Å²) in [5, 5.41) is 3.21. The Labute approximate surface area is 97.0 Å². The number of hydrogen-bond donors (Lipinski definition) is 0. The van der Waals surface area contributed by atoms with Crippen LogP contribution in [0.5, 0.6) is 0 Å². The van der Waals surface area contributed by atoms with Gasteiger partial charge in [-0.25, -0.2) is 4.98 Å². The van der Waals surface area contributed by atoms with E-state index in [2.05, 4.69) is 15.0 Å². The molecule has 0 saturated carbocycles. The van der Waals surface area contributed by atoms with Crippen molar-refractivity contribution in [2.45, 2.75) is 12.2 Å². The van der Waals surface area contributed by atoms with Crippen molar-refractivity contribution in [2.24, 2.45) is 0 Å². The van der Waals surface area contributed by atoms with E-state index in [9.17, 15) is 0 Å². The number of aryl methyl sites for hydroxylation is 1. The van der Waals surface area contributed by atoms with E-state index in [1.54, 1.807) is 23.7 Å². The summed E-state index contributed by atoms with van der Waals surface area (Å²) in [7, 11) is 0. The fourth-order valence-corrected chi connectivity index (χ4v) is 2.79. The molecule has 0 bridgehead atoms. The predicted molar refractivity (Wildman–Crippen MR) is 64.0 cm³/mol. The number of thioether (sulfide) groups is 1. The molecular weight excluding hydrogens is 226 g/mol. The molecule has 0 saturated heterocycles. The molecule has 0 radical (unpaired) electrons. The highest BCUT2D eigenvalue weighted by molar-refractivity contribution is 7.98. The van der Waals surface area contributed by atoms with Gasteiger partial charge in [0.05, 0.1) is 5.69 Å². The van der Waals surface area contributed by atoms with E-state index in [4.69, 9.17) is 0 Å². The van der Waals surface area contributed by atoms with Gasteiger partial charge < -0.3 is 0 Å². The maximum Gasteiger partial charge on any atom is 0.102 e. The lowest BCUT2D eigenvalue weighted by Crippen LogP contribution is -1.93. The molecule has 0 fully saturated rings. The molecule has 0 atom stereocenters. The van der Waals surface area contributed by atoms with Crippen molar-refractivity contribution >= 4 is 23.1 Å². The van der Waals surface area contributed by atoms with E-state index in [0.29, 0.717) is 0 Å². The monoisotopic (exact) mass is 237 g/mol. The van der Waals surface area contributed by atoms with Crippen molar-refractivity contribution in [3.05, 3.63) is 40.9 Å². The van der Waals surface area contributed by atoms with Crippen LogP contribution in [0.1, 0.15) is 10.7 Å². The third-order valence-electron chi connectivity index (χ3n) is 1.83. The van der Waals surface area contributed by atoms with E-state index in [0.717, 1.165) is 23.6 Å². The molecule has 0 aliphatic heterocycles. The van der Waals surface area contributed by atoms with Crippen LogP contribution in [0.3, 0.4) is 0 Å². The summed E-state index contributed by atoms with van der Waals surface area (Å²) in [6, 6.07) is 0. The van der Waals surface area contributed by atoms with Gasteiger partial charge >= 0.3 is 0 Å². The van der Waals surface area contributed by atoms with Crippen molar-refractivity contribution in [3.8, 4) is 0 Å². The fraction of sp³-hybridized carbons (Fsp3) is 0.300. The largest absolute Gasteiger partial charge is 0.261 e. The zero-order chi connectivity index (χ0) is 10.3. The molecular formula is C10H11N3S2. The summed E-state index contributed by atoms with van der Waals surface area (Å²) < 4.78 is 0. The second-order valence-corrected chi connectivity index (χ2v) is 5.01. The number of aromatic nitrogens is 3. The van der Waals surface area contributed by atoms with Crippen LogP contribution in [0.2, 0.25) is 0 Å². The van der Waals surface area contributed by atoms with E-state index in [1.807, 2.05) is 29.5 Å². The highest BCUT2D eigenvalue weighted by Crippen LogP contribution is 2.14. The Morgan fingerprint density at radius 1 is 1.20 bits per heavy atom. The van der Waals surface area contributed by atoms with Gasteiger partial charge in [-0.05, 0) is 5.75 Å². The van der Waals surface area contributed by atoms with Crippen molar-refractivity contribution in [3.63, 3.8) is 0 Å². The summed E-state index contributed by atoms with van der Waals surface area (Å²) in [6.45, 7) is 0. The van der Waals surface area contributed by atoms with Crippen LogP contribution >= 0.6 is 23.1 Å². The Balaban J connectivity index is 1.68. The number of rotatable bonds is 5. The third-order valence-corrected chi connectivity index (χ3v) is 3.76. The minimum atomic E-state index is 0.976. The lowest BCUT2D eigenvalue weighted by Gasteiger charge is -1.98. The molecule has 0 spiro atoms. The molecule has 15 heavy (non-hydrogen) atoms. The van der Waals surface area contributed by atoms with Crippen LogP contribution in [0.15, 0.2) is 30.2 Å². The summed E-state index contributed by atoms with van der Waals surface area (Å²) >= 11 is 3.60. The number of nitrogens with zero attached hydrogens (tertiary/aromatic N) is 3. The molecule has 2 aromatic rings. The minimum Gasteiger partial charge on any atom is -0.261 e. The van der Waals surface area contributed by atoms with Crippen molar-refractivity contribution in [1.29, 1.82) is 0 Å². The van der Waals surface area contributed by atoms with Crippen LogP contribution in [-0.4, -0.2) is 20.7 Å². The maximum absolute atomic E-state index is 4.23. The second kappa shape index (κ2) is 5.82. The van der Waals surface area contributed by atoms with Crippen LogP contribution in [-0.2, 0) is 12.2 Å². The molecule has 3 nitrogen and oxygen atoms in total. The van der Waals surface area contributed by atoms with Crippen LogP contribution < -0.4 is 0 Å². The molecule has 0 unspecified atom stereocenters. The summed E-state index contributed by atoms with van der Waals surface area (Å²) in [5.41, 5.74) is 1.06. The highest BCUT2D eigenvalue weighted by Gasteiger charge is 1.97. The Morgan fingerprint density at radius 2 is 2.20 bits per heavy atom. The second-order valence-electron chi connectivity index (χ2n) is 2.93. The van der Waals surface area contributed by atoms with Crippen LogP contribution in [0.4, 0.5) is 0 Å². The topological polar surface area (TPSA) is 38.7 Å². The van der Waals surface area contributed by atoms with Gasteiger partial charge in [-0.3, -0.25) is 9.97 Å². The van der Waals surface area contributed by atoms with Gasteiger partial charge in [0.1, 0.15) is 5.01 Å². The van der Waals surface area contributed by atoms with Gasteiger partial charge in [-0.15, -0.1) is 11.3 Å². The van der Waals surface area contributed by atoms with Crippen LogP contribution in [0, 0.1) is 0 Å². The van der Waals surface area contributed by atoms with E-state index < -0.39 is 0 Å². The number of thiazole rings is 1. The SMILES string of the molecule is c1cnc(CCSCc2nccs2)cn1. The first kappa shape index (κ1) is 10.6. The average Bonchev–Trinajstić information content (AvgIpc) is 2.79. The van der Waals surface area contributed by atoms with Crippen LogP contribution in [0.25, 0.3) is 0 Å². The molecule has 5 heteroatoms. The molecule has 0 N–H and O–H groups in total. The Bertz CT molecular complexity index is 375. The quantitative estimate of drug-likeness (QED) is 0.749. The molecule has 2 rings (SSSR count). The van der Waals surface area contributed by atoms with Gasteiger partial charge in [-0.1, -0.05) is 0 Å². The zero-order valence-corrected chi connectivity index (χ0v) is 9.80. The fourth-order valence-electron chi connectivity index (χ4n) is 1.12. The Kier molecular flexibility index (Phi) is 4.11. The lowest BCUT2D eigenvalue weighted by molar-refractivity contribution is 1.01. The van der Waals surface area contributed by atoms with Gasteiger partial charge in [0.15, 0.2) is 0 Å². The maximum atomic E-state index is 4.23. The van der Waals surface area contributed by atoms with E-state index in [-0.39, 0.29) is 0 Å².